The van der Waals surface area contributed by atoms with E-state index in [1.54, 1.807) is 4.90 Å². The molecule has 9 nitrogen and oxygen atoms in total. The van der Waals surface area contributed by atoms with E-state index in [4.69, 9.17) is 14.6 Å². The molecule has 1 aromatic heterocycles. The Hall–Kier alpha value is -3.53. The molecular weight excluding hydrogens is 468 g/mol. The quantitative estimate of drug-likeness (QED) is 0.593. The van der Waals surface area contributed by atoms with Crippen molar-refractivity contribution >= 4 is 21.4 Å². The van der Waals surface area contributed by atoms with Crippen LogP contribution in [0.3, 0.4) is 0 Å². The number of aromatic nitrogens is 2. The zero-order chi connectivity index (χ0) is 24.3. The molecule has 4 heterocycles. The Bertz CT molecular complexity index is 1450. The number of hydrogen-bond donors (Lipinski definition) is 1. The van der Waals surface area contributed by atoms with Crippen molar-refractivity contribution in [3.05, 3.63) is 70.5 Å². The number of aryl methyl sites for hydroxylation is 1. The summed E-state index contributed by atoms with van der Waals surface area (Å²) in [6.07, 6.45) is 0.0828. The van der Waals surface area contributed by atoms with Crippen LogP contribution in [0.5, 0.6) is 11.5 Å². The molecule has 2 atom stereocenters. The highest BCUT2D eigenvalue weighted by Gasteiger charge is 2.38. The lowest BCUT2D eigenvalue weighted by Gasteiger charge is -2.38. The molecule has 1 fully saturated rings. The molecule has 2 aromatic carbocycles. The van der Waals surface area contributed by atoms with Gasteiger partial charge < -0.3 is 19.7 Å². The van der Waals surface area contributed by atoms with Gasteiger partial charge in [0, 0.05) is 23.5 Å². The van der Waals surface area contributed by atoms with E-state index >= 15 is 0 Å². The average Bonchev–Trinajstić information content (AvgIpc) is 3.52. The summed E-state index contributed by atoms with van der Waals surface area (Å²) < 4.78 is 37.0. The van der Waals surface area contributed by atoms with Crippen LogP contribution in [-0.2, 0) is 16.4 Å². The molecule has 1 saturated heterocycles. The van der Waals surface area contributed by atoms with E-state index < -0.39 is 16.0 Å². The fourth-order valence-corrected chi connectivity index (χ4v) is 7.01. The van der Waals surface area contributed by atoms with Crippen molar-refractivity contribution in [2.75, 3.05) is 23.6 Å². The zero-order valence-corrected chi connectivity index (χ0v) is 20.3. The summed E-state index contributed by atoms with van der Waals surface area (Å²) in [4.78, 5) is 15.5. The number of sulfone groups is 1. The van der Waals surface area contributed by atoms with Crippen LogP contribution in [0.4, 0.5) is 5.69 Å². The topological polar surface area (TPSA) is 103 Å². The number of ether oxygens (including phenoxy) is 2. The number of hydrogen-bond acceptors (Lipinski definition) is 7. The van der Waals surface area contributed by atoms with Crippen LogP contribution >= 0.6 is 0 Å². The van der Waals surface area contributed by atoms with Gasteiger partial charge in [-0.2, -0.15) is 5.10 Å². The predicted molar refractivity (Wildman–Crippen MR) is 129 cm³/mol. The van der Waals surface area contributed by atoms with E-state index in [9.17, 15) is 13.2 Å². The molecule has 0 saturated carbocycles. The summed E-state index contributed by atoms with van der Waals surface area (Å²) >= 11 is 0. The lowest BCUT2D eigenvalue weighted by atomic mass is 10.0. The number of rotatable bonds is 4. The first-order valence-electron chi connectivity index (χ1n) is 11.6. The van der Waals surface area contributed by atoms with Crippen molar-refractivity contribution in [1.29, 1.82) is 0 Å². The highest BCUT2D eigenvalue weighted by Crippen LogP contribution is 2.39. The molecule has 10 heteroatoms. The number of carbonyl (C=O) groups excluding carboxylic acids is 1. The second-order valence-corrected chi connectivity index (χ2v) is 11.5. The molecule has 182 valence electrons. The van der Waals surface area contributed by atoms with Gasteiger partial charge in [-0.1, -0.05) is 18.2 Å². The monoisotopic (exact) mass is 494 g/mol. The highest BCUT2D eigenvalue weighted by molar-refractivity contribution is 7.91. The minimum Gasteiger partial charge on any atom is -0.454 e. The molecule has 0 spiro atoms. The summed E-state index contributed by atoms with van der Waals surface area (Å²) in [5.41, 5.74) is 4.81. The number of para-hydroxylation sites is 1. The van der Waals surface area contributed by atoms with Gasteiger partial charge in [0.15, 0.2) is 21.3 Å². The summed E-state index contributed by atoms with van der Waals surface area (Å²) in [7, 11) is -3.06. The van der Waals surface area contributed by atoms with Crippen molar-refractivity contribution in [2.45, 2.75) is 39.0 Å². The van der Waals surface area contributed by atoms with Gasteiger partial charge in [-0.25, -0.2) is 8.42 Å². The number of benzene rings is 2. The molecule has 1 N–H and O–H groups in total. The average molecular weight is 495 g/mol. The van der Waals surface area contributed by atoms with Gasteiger partial charge in [0.05, 0.1) is 28.8 Å². The van der Waals surface area contributed by atoms with E-state index in [-0.39, 0.29) is 30.2 Å². The number of nitrogens with one attached hydrogen (secondary N) is 1. The normalized spacial score (nSPS) is 22.2. The Labute approximate surface area is 203 Å². The molecule has 1 amide bonds. The van der Waals surface area contributed by atoms with Crippen LogP contribution in [0.1, 0.15) is 51.5 Å². The molecule has 2 unspecified atom stereocenters. The van der Waals surface area contributed by atoms with E-state index in [2.05, 4.69) is 5.32 Å². The maximum absolute atomic E-state index is 13.7. The van der Waals surface area contributed by atoms with Gasteiger partial charge in [-0.05, 0) is 50.1 Å². The molecule has 35 heavy (non-hydrogen) atoms. The second-order valence-electron chi connectivity index (χ2n) is 9.30. The Morgan fingerprint density at radius 2 is 1.91 bits per heavy atom. The first-order valence-corrected chi connectivity index (χ1v) is 13.4. The summed E-state index contributed by atoms with van der Waals surface area (Å²) in [5.74, 6) is 1.54. The van der Waals surface area contributed by atoms with E-state index in [0.29, 0.717) is 30.0 Å². The number of anilines is 1. The second kappa shape index (κ2) is 8.01. The first kappa shape index (κ1) is 22.0. The first-order chi connectivity index (χ1) is 16.8. The van der Waals surface area contributed by atoms with Crippen LogP contribution < -0.4 is 14.8 Å². The molecule has 3 aliphatic rings. The number of amides is 1. The van der Waals surface area contributed by atoms with Crippen molar-refractivity contribution in [3.63, 3.8) is 0 Å². The van der Waals surface area contributed by atoms with Gasteiger partial charge in [-0.15, -0.1) is 0 Å². The third-order valence-electron chi connectivity index (χ3n) is 7.02. The van der Waals surface area contributed by atoms with Gasteiger partial charge in [-0.3, -0.25) is 9.48 Å². The predicted octanol–water partition coefficient (Wildman–Crippen LogP) is 3.35. The Morgan fingerprint density at radius 1 is 1.11 bits per heavy atom. The minimum absolute atomic E-state index is 0.0861. The fraction of sp³-hybridized carbons (Fsp3) is 0.360. The molecule has 3 aromatic rings. The van der Waals surface area contributed by atoms with Gasteiger partial charge in [0.2, 0.25) is 6.79 Å². The largest absolute Gasteiger partial charge is 0.454 e. The van der Waals surface area contributed by atoms with Crippen LogP contribution in [-0.4, -0.2) is 47.3 Å². The lowest BCUT2D eigenvalue weighted by Crippen LogP contribution is -2.42. The van der Waals surface area contributed by atoms with E-state index in [0.717, 1.165) is 28.2 Å². The summed E-state index contributed by atoms with van der Waals surface area (Å²) in [6.45, 7) is 4.40. The maximum atomic E-state index is 13.7. The van der Waals surface area contributed by atoms with Gasteiger partial charge in [0.1, 0.15) is 6.17 Å². The van der Waals surface area contributed by atoms with Crippen molar-refractivity contribution in [3.8, 4) is 11.5 Å². The van der Waals surface area contributed by atoms with Gasteiger partial charge in [0.25, 0.3) is 5.91 Å². The van der Waals surface area contributed by atoms with Crippen molar-refractivity contribution in [2.24, 2.45) is 0 Å². The minimum atomic E-state index is -3.06. The fourth-order valence-electron chi connectivity index (χ4n) is 5.31. The van der Waals surface area contributed by atoms with Gasteiger partial charge >= 0.3 is 0 Å². The van der Waals surface area contributed by atoms with Crippen LogP contribution in [0.2, 0.25) is 0 Å². The number of nitrogens with zero attached hydrogens (tertiary/aromatic N) is 3. The van der Waals surface area contributed by atoms with Crippen molar-refractivity contribution < 1.29 is 22.7 Å². The van der Waals surface area contributed by atoms with E-state index in [1.165, 1.54) is 0 Å². The Morgan fingerprint density at radius 3 is 2.71 bits per heavy atom. The third kappa shape index (κ3) is 3.72. The zero-order valence-electron chi connectivity index (χ0n) is 19.5. The Balaban J connectivity index is 1.41. The van der Waals surface area contributed by atoms with E-state index in [1.807, 2.05) is 61.0 Å². The highest BCUT2D eigenvalue weighted by atomic mass is 32.2. The molecule has 0 aliphatic carbocycles. The molecular formula is C25H26N4O5S. The van der Waals surface area contributed by atoms with Crippen LogP contribution in [0.15, 0.2) is 42.5 Å². The molecule has 0 bridgehead atoms. The van der Waals surface area contributed by atoms with Crippen LogP contribution in [0.25, 0.3) is 0 Å². The number of fused-ring (bicyclic) bond motifs is 2. The SMILES string of the molecule is Cc1nn(C2CCS(=O)(=O)C2)c(C)c1C1Nc2ccccc2C(=O)N1Cc1ccc2c(c1)OCO2. The molecule has 0 radical (unpaired) electrons. The number of carbonyl (C=O) groups is 1. The summed E-state index contributed by atoms with van der Waals surface area (Å²) in [6, 6.07) is 13.0. The summed E-state index contributed by atoms with van der Waals surface area (Å²) in [5, 5.41) is 8.29. The smallest absolute Gasteiger partial charge is 0.258 e. The maximum Gasteiger partial charge on any atom is 0.258 e. The van der Waals surface area contributed by atoms with Crippen LogP contribution in [0, 0.1) is 13.8 Å². The molecule has 3 aliphatic heterocycles. The lowest BCUT2D eigenvalue weighted by molar-refractivity contribution is 0.0665. The van der Waals surface area contributed by atoms with Crippen molar-refractivity contribution in [1.82, 2.24) is 14.7 Å². The Kier molecular flexibility index (Phi) is 5.03. The molecule has 6 rings (SSSR count). The third-order valence-corrected chi connectivity index (χ3v) is 8.77. The standard InChI is InChI=1S/C25H26N4O5S/c1-15-23(16(2)29(27-15)18-9-10-35(31,32)13-18)24-26-20-6-4-3-5-19(20)25(30)28(24)12-17-7-8-21-22(11-17)34-14-33-21/h3-8,11,18,24,26H,9-10,12-14H2,1-2H3.